The summed E-state index contributed by atoms with van der Waals surface area (Å²) in [4.78, 5) is 8.01. The monoisotopic (exact) mass is 297 g/mol. The van der Waals surface area contributed by atoms with Gasteiger partial charge in [0, 0.05) is 19.5 Å². The van der Waals surface area contributed by atoms with Gasteiger partial charge in [0.1, 0.15) is 12.1 Å². The fraction of sp³-hybridized carbons (Fsp3) is 0.300. The summed E-state index contributed by atoms with van der Waals surface area (Å²) < 4.78 is 7.60. The lowest BCUT2D eigenvalue weighted by Crippen LogP contribution is -2.04. The average Bonchev–Trinajstić information content (AvgIpc) is 2.77. The molecular weight excluding hydrogens is 286 g/mol. The molecule has 0 amide bonds. The van der Waals surface area contributed by atoms with E-state index in [1.807, 2.05) is 6.20 Å². The van der Waals surface area contributed by atoms with Crippen molar-refractivity contribution in [1.29, 1.82) is 0 Å². The van der Waals surface area contributed by atoms with E-state index in [1.165, 1.54) is 6.33 Å². The number of rotatable bonds is 5. The van der Waals surface area contributed by atoms with Crippen LogP contribution in [0.1, 0.15) is 0 Å². The van der Waals surface area contributed by atoms with Crippen LogP contribution in [0.2, 0.25) is 0 Å². The molecule has 2 rings (SSSR count). The van der Waals surface area contributed by atoms with E-state index in [2.05, 4.69) is 36.3 Å². The highest BCUT2D eigenvalue weighted by molar-refractivity contribution is 9.10. The van der Waals surface area contributed by atoms with E-state index in [0.717, 1.165) is 16.7 Å². The minimum absolute atomic E-state index is 0.637. The maximum absolute atomic E-state index is 4.98. The zero-order valence-corrected chi connectivity index (χ0v) is 10.9. The Morgan fingerprint density at radius 1 is 1.47 bits per heavy atom. The van der Waals surface area contributed by atoms with Crippen LogP contribution in [0.25, 0.3) is 0 Å². The van der Waals surface area contributed by atoms with Crippen molar-refractivity contribution >= 4 is 27.4 Å². The molecule has 2 aromatic rings. The highest BCUT2D eigenvalue weighted by atomic mass is 79.9. The van der Waals surface area contributed by atoms with E-state index < -0.39 is 0 Å². The maximum Gasteiger partial charge on any atom is 0.148 e. The summed E-state index contributed by atoms with van der Waals surface area (Å²) in [6.45, 7) is 1.36. The maximum atomic E-state index is 4.98. The van der Waals surface area contributed by atoms with E-state index in [-0.39, 0.29) is 0 Å². The first-order chi connectivity index (χ1) is 8.29. The summed E-state index contributed by atoms with van der Waals surface area (Å²) in [5.74, 6) is 0.714. The Bertz CT molecular complexity index is 487. The molecule has 0 aliphatic rings. The molecule has 2 aromatic heterocycles. The third-order valence-electron chi connectivity index (χ3n) is 2.09. The normalized spacial score (nSPS) is 10.5. The van der Waals surface area contributed by atoms with Crippen LogP contribution < -0.4 is 5.32 Å². The number of ether oxygens (including phenoxy) is 1. The highest BCUT2D eigenvalue weighted by Crippen LogP contribution is 2.21. The molecule has 0 spiro atoms. The number of nitrogens with one attached hydrogen (secondary N) is 1. The van der Waals surface area contributed by atoms with E-state index in [4.69, 9.17) is 4.74 Å². The van der Waals surface area contributed by atoms with Gasteiger partial charge in [-0.05, 0) is 15.9 Å². The first kappa shape index (κ1) is 12.0. The topological polar surface area (TPSA) is 64.9 Å². The average molecular weight is 298 g/mol. The fourth-order valence-corrected chi connectivity index (χ4v) is 1.60. The number of halogens is 1. The highest BCUT2D eigenvalue weighted by Gasteiger charge is 2.03. The van der Waals surface area contributed by atoms with Crippen LogP contribution in [0.3, 0.4) is 0 Å². The first-order valence-electron chi connectivity index (χ1n) is 5.03. The minimum atomic E-state index is 0.637. The van der Waals surface area contributed by atoms with Gasteiger partial charge >= 0.3 is 0 Å². The molecule has 6 nitrogen and oxygen atoms in total. The van der Waals surface area contributed by atoms with Gasteiger partial charge in [-0.2, -0.15) is 5.10 Å². The van der Waals surface area contributed by atoms with Crippen molar-refractivity contribution in [3.05, 3.63) is 29.4 Å². The molecule has 0 unspecified atom stereocenters. The van der Waals surface area contributed by atoms with Gasteiger partial charge in [0.25, 0.3) is 0 Å². The number of methoxy groups -OCH3 is 1. The van der Waals surface area contributed by atoms with Gasteiger partial charge in [0.2, 0.25) is 0 Å². The largest absolute Gasteiger partial charge is 0.383 e. The Morgan fingerprint density at radius 2 is 2.35 bits per heavy atom. The smallest absolute Gasteiger partial charge is 0.148 e. The van der Waals surface area contributed by atoms with E-state index in [1.54, 1.807) is 24.2 Å². The Labute approximate surface area is 107 Å². The Morgan fingerprint density at radius 3 is 3.12 bits per heavy atom. The van der Waals surface area contributed by atoms with Crippen LogP contribution >= 0.6 is 15.9 Å². The first-order valence-corrected chi connectivity index (χ1v) is 5.83. The number of anilines is 2. The standard InChI is InChI=1S/C10H12BrN5O/c1-17-3-2-16-6-8(4-14-16)15-10-9(11)5-12-7-13-10/h4-7H,2-3H2,1H3,(H,12,13,15). The number of hydrogen-bond donors (Lipinski definition) is 1. The summed E-state index contributed by atoms with van der Waals surface area (Å²) in [7, 11) is 1.67. The van der Waals surface area contributed by atoms with Crippen molar-refractivity contribution < 1.29 is 4.74 Å². The lowest BCUT2D eigenvalue weighted by atomic mass is 10.5. The third kappa shape index (κ3) is 3.24. The molecule has 0 aliphatic carbocycles. The Kier molecular flexibility index (Phi) is 4.05. The van der Waals surface area contributed by atoms with Crippen molar-refractivity contribution in [2.75, 3.05) is 19.0 Å². The predicted molar refractivity (Wildman–Crippen MR) is 67.1 cm³/mol. The molecule has 0 bridgehead atoms. The lowest BCUT2D eigenvalue weighted by molar-refractivity contribution is 0.183. The van der Waals surface area contributed by atoms with Gasteiger partial charge in [-0.15, -0.1) is 0 Å². The molecule has 17 heavy (non-hydrogen) atoms. The summed E-state index contributed by atoms with van der Waals surface area (Å²) >= 11 is 3.37. The second kappa shape index (κ2) is 5.74. The molecule has 0 atom stereocenters. The zero-order valence-electron chi connectivity index (χ0n) is 9.30. The molecule has 0 radical (unpaired) electrons. The van der Waals surface area contributed by atoms with Crippen molar-refractivity contribution in [2.45, 2.75) is 6.54 Å². The lowest BCUT2D eigenvalue weighted by Gasteiger charge is -2.03. The van der Waals surface area contributed by atoms with Crippen LogP contribution in [-0.2, 0) is 11.3 Å². The van der Waals surface area contributed by atoms with Crippen LogP contribution in [0.4, 0.5) is 11.5 Å². The van der Waals surface area contributed by atoms with E-state index in [0.29, 0.717) is 12.4 Å². The number of nitrogens with zero attached hydrogens (tertiary/aromatic N) is 4. The molecule has 0 saturated carbocycles. The summed E-state index contributed by atoms with van der Waals surface area (Å²) in [5.41, 5.74) is 0.875. The number of aromatic nitrogens is 4. The van der Waals surface area contributed by atoms with Crippen LogP contribution in [0.15, 0.2) is 29.4 Å². The van der Waals surface area contributed by atoms with Gasteiger partial charge < -0.3 is 10.1 Å². The van der Waals surface area contributed by atoms with E-state index in [9.17, 15) is 0 Å². The number of hydrogen-bond acceptors (Lipinski definition) is 5. The second-order valence-electron chi connectivity index (χ2n) is 3.33. The molecule has 2 heterocycles. The second-order valence-corrected chi connectivity index (χ2v) is 4.18. The van der Waals surface area contributed by atoms with Crippen molar-refractivity contribution in [2.24, 2.45) is 0 Å². The predicted octanol–water partition coefficient (Wildman–Crippen LogP) is 1.83. The third-order valence-corrected chi connectivity index (χ3v) is 2.67. The van der Waals surface area contributed by atoms with Crippen molar-refractivity contribution in [1.82, 2.24) is 19.7 Å². The molecule has 0 fully saturated rings. The quantitative estimate of drug-likeness (QED) is 0.912. The minimum Gasteiger partial charge on any atom is -0.383 e. The summed E-state index contributed by atoms with van der Waals surface area (Å²) in [6, 6.07) is 0. The van der Waals surface area contributed by atoms with Gasteiger partial charge in [-0.3, -0.25) is 4.68 Å². The molecular formula is C10H12BrN5O. The van der Waals surface area contributed by atoms with Crippen molar-refractivity contribution in [3.8, 4) is 0 Å². The molecule has 7 heteroatoms. The van der Waals surface area contributed by atoms with Crippen LogP contribution in [-0.4, -0.2) is 33.5 Å². The van der Waals surface area contributed by atoms with Crippen molar-refractivity contribution in [3.63, 3.8) is 0 Å². The molecule has 0 aliphatic heterocycles. The van der Waals surface area contributed by atoms with Crippen LogP contribution in [0.5, 0.6) is 0 Å². The van der Waals surface area contributed by atoms with Gasteiger partial charge in [0.05, 0.1) is 29.5 Å². The molecule has 0 saturated heterocycles. The van der Waals surface area contributed by atoms with Gasteiger partial charge in [-0.25, -0.2) is 9.97 Å². The van der Waals surface area contributed by atoms with Crippen LogP contribution in [0, 0.1) is 0 Å². The summed E-state index contributed by atoms with van der Waals surface area (Å²) in [6.07, 6.45) is 6.81. The molecule has 1 N–H and O–H groups in total. The zero-order chi connectivity index (χ0) is 12.1. The van der Waals surface area contributed by atoms with Gasteiger partial charge in [0.15, 0.2) is 0 Å². The Balaban J connectivity index is 2.04. The summed E-state index contributed by atoms with van der Waals surface area (Å²) in [5, 5.41) is 7.34. The SMILES string of the molecule is COCCn1cc(Nc2ncncc2Br)cn1. The van der Waals surface area contributed by atoms with Gasteiger partial charge in [-0.1, -0.05) is 0 Å². The van der Waals surface area contributed by atoms with E-state index >= 15 is 0 Å². The molecule has 90 valence electrons. The molecule has 0 aromatic carbocycles. The fourth-order valence-electron chi connectivity index (χ4n) is 1.28. The Hall–Kier alpha value is -1.47.